The van der Waals surface area contributed by atoms with Crippen LogP contribution >= 0.6 is 0 Å². The van der Waals surface area contributed by atoms with Crippen LogP contribution in [0.15, 0.2) is 78.4 Å². The normalized spacial score (nSPS) is 14.2. The van der Waals surface area contributed by atoms with Gasteiger partial charge in [0.2, 0.25) is 0 Å². The summed E-state index contributed by atoms with van der Waals surface area (Å²) < 4.78 is 24.5. The largest absolute Gasteiger partial charge is 0.493 e. The van der Waals surface area contributed by atoms with E-state index >= 15 is 0 Å². The fraction of sp³-hybridized carbons (Fsp3) is 0.0800. The number of hydrazine groups is 1. The Kier molecular flexibility index (Phi) is 6.54. The molecule has 0 atom stereocenters. The number of amides is 3. The number of hydrogen-bond acceptors (Lipinski definition) is 5. The van der Waals surface area contributed by atoms with E-state index in [9.17, 15) is 18.8 Å². The van der Waals surface area contributed by atoms with E-state index in [0.717, 1.165) is 0 Å². The van der Waals surface area contributed by atoms with Gasteiger partial charge in [-0.2, -0.15) is 0 Å². The van der Waals surface area contributed by atoms with Crippen molar-refractivity contribution < 1.29 is 28.2 Å². The van der Waals surface area contributed by atoms with Gasteiger partial charge in [0.05, 0.1) is 18.5 Å². The summed E-state index contributed by atoms with van der Waals surface area (Å²) in [6.07, 6.45) is 1.44. The van der Waals surface area contributed by atoms with Crippen molar-refractivity contribution in [2.75, 3.05) is 24.0 Å². The van der Waals surface area contributed by atoms with E-state index in [1.165, 1.54) is 36.4 Å². The highest BCUT2D eigenvalue weighted by molar-refractivity contribution is 6.31. The Hall–Kier alpha value is -4.66. The molecule has 0 aliphatic carbocycles. The van der Waals surface area contributed by atoms with Crippen molar-refractivity contribution in [1.29, 1.82) is 0 Å². The quantitative estimate of drug-likeness (QED) is 0.416. The zero-order chi connectivity index (χ0) is 24.1. The fourth-order valence-electron chi connectivity index (χ4n) is 3.27. The van der Waals surface area contributed by atoms with Crippen molar-refractivity contribution in [3.8, 4) is 11.5 Å². The zero-order valence-electron chi connectivity index (χ0n) is 18.1. The molecule has 3 amide bonds. The summed E-state index contributed by atoms with van der Waals surface area (Å²) in [5.41, 5.74) is 3.61. The third-order valence-corrected chi connectivity index (χ3v) is 4.91. The highest BCUT2D eigenvalue weighted by Gasteiger charge is 2.34. The molecule has 1 fully saturated rings. The molecule has 0 unspecified atom stereocenters. The number of para-hydroxylation sites is 2. The molecule has 1 aliphatic rings. The minimum Gasteiger partial charge on any atom is -0.493 e. The van der Waals surface area contributed by atoms with Gasteiger partial charge in [0.1, 0.15) is 11.4 Å². The minimum atomic E-state index is -0.554. The molecule has 0 saturated carbocycles. The predicted octanol–water partition coefficient (Wildman–Crippen LogP) is 3.31. The second-order valence-electron chi connectivity index (χ2n) is 7.20. The molecule has 3 aromatic carbocycles. The lowest BCUT2D eigenvalue weighted by Crippen LogP contribution is -2.35. The molecule has 8 nitrogen and oxygen atoms in total. The second-order valence-corrected chi connectivity index (χ2v) is 7.20. The number of anilines is 2. The molecule has 1 heterocycles. The van der Waals surface area contributed by atoms with Gasteiger partial charge in [-0.25, -0.2) is 9.40 Å². The van der Waals surface area contributed by atoms with Gasteiger partial charge < -0.3 is 14.8 Å². The molecular weight excluding hydrogens is 441 g/mol. The third kappa shape index (κ3) is 4.88. The number of halogens is 1. The van der Waals surface area contributed by atoms with Crippen LogP contribution < -0.4 is 25.2 Å². The Labute approximate surface area is 194 Å². The molecule has 0 bridgehead atoms. The van der Waals surface area contributed by atoms with Gasteiger partial charge in [-0.05, 0) is 48.0 Å². The van der Waals surface area contributed by atoms with Crippen LogP contribution in [0.25, 0.3) is 6.08 Å². The van der Waals surface area contributed by atoms with Gasteiger partial charge >= 0.3 is 0 Å². The highest BCUT2D eigenvalue weighted by atomic mass is 19.1. The Morgan fingerprint density at radius 3 is 2.50 bits per heavy atom. The summed E-state index contributed by atoms with van der Waals surface area (Å²) in [4.78, 5) is 37.2. The first-order valence-electron chi connectivity index (χ1n) is 10.2. The summed E-state index contributed by atoms with van der Waals surface area (Å²) in [6.45, 7) is -0.377. The second kappa shape index (κ2) is 9.86. The molecule has 0 aromatic heterocycles. The molecule has 172 valence electrons. The number of methoxy groups -OCH3 is 1. The first-order chi connectivity index (χ1) is 16.5. The molecular formula is C25H20FN3O5. The zero-order valence-corrected chi connectivity index (χ0v) is 18.1. The topological polar surface area (TPSA) is 97.0 Å². The smallest absolute Gasteiger partial charge is 0.282 e. The number of carbonyl (C=O) groups excluding carboxylic acids is 3. The number of rotatable bonds is 7. The van der Waals surface area contributed by atoms with Crippen LogP contribution in [0, 0.1) is 5.82 Å². The molecule has 0 radical (unpaired) electrons. The van der Waals surface area contributed by atoms with Crippen molar-refractivity contribution in [2.45, 2.75) is 0 Å². The fourth-order valence-corrected chi connectivity index (χ4v) is 3.27. The average Bonchev–Trinajstić information content (AvgIpc) is 3.13. The summed E-state index contributed by atoms with van der Waals surface area (Å²) in [5.74, 6) is -1.56. The Balaban J connectivity index is 1.46. The molecule has 1 saturated heterocycles. The molecule has 2 N–H and O–H groups in total. The van der Waals surface area contributed by atoms with Crippen molar-refractivity contribution in [2.24, 2.45) is 0 Å². The van der Waals surface area contributed by atoms with E-state index in [-0.39, 0.29) is 23.6 Å². The van der Waals surface area contributed by atoms with Gasteiger partial charge in [0, 0.05) is 0 Å². The Morgan fingerprint density at radius 1 is 1.03 bits per heavy atom. The molecule has 9 heteroatoms. The van der Waals surface area contributed by atoms with Gasteiger partial charge in [-0.15, -0.1) is 0 Å². The van der Waals surface area contributed by atoms with E-state index in [1.54, 1.807) is 48.5 Å². The highest BCUT2D eigenvalue weighted by Crippen LogP contribution is 2.30. The van der Waals surface area contributed by atoms with E-state index in [4.69, 9.17) is 9.47 Å². The van der Waals surface area contributed by atoms with Crippen LogP contribution in [0.1, 0.15) is 5.56 Å². The molecule has 3 aromatic rings. The van der Waals surface area contributed by atoms with Crippen LogP contribution in [0.5, 0.6) is 11.5 Å². The molecule has 0 spiro atoms. The van der Waals surface area contributed by atoms with Gasteiger partial charge in [0.25, 0.3) is 17.7 Å². The summed E-state index contributed by atoms with van der Waals surface area (Å²) >= 11 is 0. The van der Waals surface area contributed by atoms with E-state index in [1.807, 2.05) is 6.07 Å². The maximum Gasteiger partial charge on any atom is 0.282 e. The maximum absolute atomic E-state index is 13.7. The monoisotopic (exact) mass is 461 g/mol. The standard InChI is InChI=1S/C25H20FN3O5/c1-33-22-14-16(13-18-24(31)28-29(25(18)32)17-7-3-2-4-8-17)11-12-21(22)34-15-23(30)27-20-10-6-5-9-19(20)26/h2-14H,15H2,1H3,(H,27,30)(H,28,31)/b18-13-. The van der Waals surface area contributed by atoms with Crippen molar-refractivity contribution in [1.82, 2.24) is 5.43 Å². The summed E-state index contributed by atoms with van der Waals surface area (Å²) in [6, 6.07) is 19.3. The summed E-state index contributed by atoms with van der Waals surface area (Å²) in [5, 5.41) is 3.61. The van der Waals surface area contributed by atoms with Crippen LogP contribution in [0.3, 0.4) is 0 Å². The maximum atomic E-state index is 13.7. The van der Waals surface area contributed by atoms with Crippen LogP contribution in [-0.4, -0.2) is 31.4 Å². The van der Waals surface area contributed by atoms with Crippen LogP contribution in [0.4, 0.5) is 15.8 Å². The number of benzene rings is 3. The SMILES string of the molecule is COc1cc(/C=C2/C(=O)NN(c3ccccc3)C2=O)ccc1OCC(=O)Nc1ccccc1F. The van der Waals surface area contributed by atoms with Crippen molar-refractivity contribution in [3.05, 3.63) is 89.8 Å². The lowest BCUT2D eigenvalue weighted by atomic mass is 10.1. The van der Waals surface area contributed by atoms with Crippen LogP contribution in [0.2, 0.25) is 0 Å². The number of nitrogens with zero attached hydrogens (tertiary/aromatic N) is 1. The molecule has 4 rings (SSSR count). The van der Waals surface area contributed by atoms with E-state index < -0.39 is 23.5 Å². The van der Waals surface area contributed by atoms with E-state index in [0.29, 0.717) is 17.0 Å². The predicted molar refractivity (Wildman–Crippen MR) is 124 cm³/mol. The lowest BCUT2D eigenvalue weighted by molar-refractivity contribution is -0.118. The van der Waals surface area contributed by atoms with Crippen molar-refractivity contribution in [3.63, 3.8) is 0 Å². The molecule has 34 heavy (non-hydrogen) atoms. The molecule has 1 aliphatic heterocycles. The van der Waals surface area contributed by atoms with Gasteiger partial charge in [-0.1, -0.05) is 36.4 Å². The number of carbonyl (C=O) groups is 3. The van der Waals surface area contributed by atoms with Crippen molar-refractivity contribution >= 4 is 35.2 Å². The number of nitrogens with one attached hydrogen (secondary N) is 2. The van der Waals surface area contributed by atoms with Gasteiger partial charge in [0.15, 0.2) is 18.1 Å². The Morgan fingerprint density at radius 2 is 1.76 bits per heavy atom. The summed E-state index contributed by atoms with van der Waals surface area (Å²) in [7, 11) is 1.42. The number of ether oxygens (including phenoxy) is 2. The first-order valence-corrected chi connectivity index (χ1v) is 10.2. The number of hydrogen-bond donors (Lipinski definition) is 2. The first kappa shape index (κ1) is 22.5. The van der Waals surface area contributed by atoms with Gasteiger partial charge in [-0.3, -0.25) is 19.8 Å². The lowest BCUT2D eigenvalue weighted by Gasteiger charge is -2.14. The Bertz CT molecular complexity index is 1280. The average molecular weight is 461 g/mol. The van der Waals surface area contributed by atoms with E-state index in [2.05, 4.69) is 10.7 Å². The third-order valence-electron chi connectivity index (χ3n) is 4.91. The minimum absolute atomic E-state index is 0.0381. The van der Waals surface area contributed by atoms with Crippen LogP contribution in [-0.2, 0) is 14.4 Å².